The zero-order valence-electron chi connectivity index (χ0n) is 37.0. The third-order valence-electron chi connectivity index (χ3n) is 10.5. The van der Waals surface area contributed by atoms with Gasteiger partial charge in [0.05, 0.1) is 13.2 Å². The van der Waals surface area contributed by atoms with Gasteiger partial charge in [0.25, 0.3) is 0 Å². The van der Waals surface area contributed by atoms with Crippen molar-refractivity contribution in [1.82, 2.24) is 35.5 Å². The molecule has 12 N–H and O–H groups in total. The molecule has 5 amide bonds. The van der Waals surface area contributed by atoms with Gasteiger partial charge in [0.2, 0.25) is 29.5 Å². The van der Waals surface area contributed by atoms with E-state index in [0.29, 0.717) is 45.3 Å². The summed E-state index contributed by atoms with van der Waals surface area (Å²) in [5, 5.41) is 11.3. The summed E-state index contributed by atoms with van der Waals surface area (Å²) >= 11 is 0. The lowest BCUT2D eigenvalue weighted by molar-refractivity contribution is -0.136. The van der Waals surface area contributed by atoms with E-state index in [1.807, 2.05) is 55.5 Å². The first-order valence-corrected chi connectivity index (χ1v) is 22.9. The van der Waals surface area contributed by atoms with Crippen molar-refractivity contribution in [2.24, 2.45) is 38.8 Å². The molecule has 20 nitrogen and oxygen atoms in total. The van der Waals surface area contributed by atoms with Gasteiger partial charge in [-0.25, -0.2) is 9.34 Å². The number of nitrogens with zero attached hydrogens (tertiary/aromatic N) is 5. The zero-order chi connectivity index (χ0) is 46.4. The van der Waals surface area contributed by atoms with Crippen molar-refractivity contribution in [3.63, 3.8) is 0 Å². The number of amides is 5. The number of piperazine rings is 1. The summed E-state index contributed by atoms with van der Waals surface area (Å²) in [5.41, 5.74) is 23.5. The van der Waals surface area contributed by atoms with Crippen molar-refractivity contribution < 1.29 is 33.1 Å². The minimum Gasteiger partial charge on any atom is -0.370 e. The molecule has 348 valence electrons. The Morgan fingerprint density at radius 2 is 1.17 bits per heavy atom. The average Bonchev–Trinajstić information content (AvgIpc) is 3.26. The van der Waals surface area contributed by atoms with Crippen LogP contribution in [0.4, 0.5) is 0 Å². The molecule has 3 rings (SSSR count). The molecular formula is C42H68N13O7P. The van der Waals surface area contributed by atoms with Crippen LogP contribution in [-0.4, -0.2) is 140 Å². The molecule has 0 radical (unpaired) electrons. The normalized spacial score (nSPS) is 15.7. The van der Waals surface area contributed by atoms with E-state index in [1.165, 1.54) is 0 Å². The Balaban J connectivity index is 1.80. The van der Waals surface area contributed by atoms with Gasteiger partial charge >= 0.3 is 7.67 Å². The zero-order valence-corrected chi connectivity index (χ0v) is 37.9. The Kier molecular flexibility index (Phi) is 22.0. The standard InChI is InChI=1S/C42H68N13O7P/c1-5-32(19-13-21-47-41(43)44)37(57)51-34(27-30-15-9-7-10-16-30)40(60)52-35(28-31-17-11-8-12-18-31)39(59)50-33(20-14-22-48-42(45)46)38(58)49-29-36(56)54-23-25-55(26-24-54)63(61,53(3)4)62-6-2/h7-12,15-18,32-35H,5-6,13-14,19-29H2,1-4H3,(H,49,58)(H,50,59)(H,51,57)(H,52,60)(H4,43,44,47)(H4,45,46,48). The van der Waals surface area contributed by atoms with Gasteiger partial charge in [-0.3, -0.25) is 38.5 Å². The van der Waals surface area contributed by atoms with Crippen molar-refractivity contribution >= 4 is 49.1 Å². The number of nitrogens with two attached hydrogens (primary N) is 4. The quantitative estimate of drug-likeness (QED) is 0.0268. The maximum Gasteiger partial charge on any atom is 0.345 e. The molecule has 1 fully saturated rings. The average molecular weight is 898 g/mol. The maximum atomic E-state index is 14.3. The summed E-state index contributed by atoms with van der Waals surface area (Å²) in [6.07, 6.45) is 2.15. The Hall–Kier alpha value is -5.56. The maximum absolute atomic E-state index is 14.3. The fourth-order valence-corrected chi connectivity index (χ4v) is 8.93. The molecule has 0 aromatic heterocycles. The predicted molar refractivity (Wildman–Crippen MR) is 244 cm³/mol. The van der Waals surface area contributed by atoms with Crippen molar-refractivity contribution in [2.75, 3.05) is 66.5 Å². The fourth-order valence-electron chi connectivity index (χ4n) is 7.01. The van der Waals surface area contributed by atoms with Gasteiger partial charge in [-0.05, 0) is 64.3 Å². The van der Waals surface area contributed by atoms with E-state index in [2.05, 4.69) is 31.3 Å². The minimum absolute atomic E-state index is 0.0339. The van der Waals surface area contributed by atoms with Crippen LogP contribution >= 0.6 is 7.67 Å². The van der Waals surface area contributed by atoms with Crippen LogP contribution in [0.15, 0.2) is 70.6 Å². The van der Waals surface area contributed by atoms with E-state index in [9.17, 15) is 28.5 Å². The summed E-state index contributed by atoms with van der Waals surface area (Å²) in [4.78, 5) is 78.8. The minimum atomic E-state index is -3.24. The van der Waals surface area contributed by atoms with Crippen molar-refractivity contribution in [3.8, 4) is 0 Å². The molecule has 1 aliphatic heterocycles. The lowest BCUT2D eigenvalue weighted by atomic mass is 9.97. The van der Waals surface area contributed by atoms with E-state index >= 15 is 0 Å². The Morgan fingerprint density at radius 3 is 1.63 bits per heavy atom. The van der Waals surface area contributed by atoms with Crippen molar-refractivity contribution in [2.45, 2.75) is 76.9 Å². The number of nitrogens with one attached hydrogen (secondary N) is 4. The van der Waals surface area contributed by atoms with Crippen molar-refractivity contribution in [1.29, 1.82) is 0 Å². The lowest BCUT2D eigenvalue weighted by Crippen LogP contribution is -2.58. The van der Waals surface area contributed by atoms with Gasteiger partial charge in [0.1, 0.15) is 18.1 Å². The van der Waals surface area contributed by atoms with E-state index < -0.39 is 49.4 Å². The lowest BCUT2D eigenvalue weighted by Gasteiger charge is -2.40. The Bertz CT molecular complexity index is 1870. The van der Waals surface area contributed by atoms with Crippen LogP contribution < -0.4 is 44.2 Å². The van der Waals surface area contributed by atoms with E-state index in [1.54, 1.807) is 47.4 Å². The predicted octanol–water partition coefficient (Wildman–Crippen LogP) is 0.0262. The van der Waals surface area contributed by atoms with Gasteiger partial charge < -0.3 is 53.6 Å². The fraction of sp³-hybridized carbons (Fsp3) is 0.548. The molecule has 0 bridgehead atoms. The highest BCUT2D eigenvalue weighted by molar-refractivity contribution is 7.53. The highest BCUT2D eigenvalue weighted by Crippen LogP contribution is 2.52. The molecule has 21 heteroatoms. The SMILES string of the molecule is CCOP(=O)(N(C)C)N1CCN(C(=O)CNC(=O)C(CCCN=C(N)N)NC(=O)C(Cc2ccccc2)NC(=O)C(Cc2ccccc2)NC(=O)C(CC)CCCN=C(N)N)CC1. The van der Waals surface area contributed by atoms with Gasteiger partial charge in [0, 0.05) is 58.0 Å². The number of guanidine groups is 2. The second-order valence-corrected chi connectivity index (χ2v) is 18.0. The van der Waals surface area contributed by atoms with Crippen LogP contribution in [0.3, 0.4) is 0 Å². The number of aliphatic imine (C=N–C) groups is 2. The van der Waals surface area contributed by atoms with Gasteiger partial charge in [-0.1, -0.05) is 67.6 Å². The van der Waals surface area contributed by atoms with Gasteiger partial charge in [-0.15, -0.1) is 0 Å². The summed E-state index contributed by atoms with van der Waals surface area (Å²) in [7, 11) is 0.120. The van der Waals surface area contributed by atoms with Crippen LogP contribution in [0.5, 0.6) is 0 Å². The number of carbonyl (C=O) groups is 5. The molecule has 2 aromatic carbocycles. The molecule has 0 aliphatic carbocycles. The first-order chi connectivity index (χ1) is 30.1. The largest absolute Gasteiger partial charge is 0.370 e. The highest BCUT2D eigenvalue weighted by Gasteiger charge is 2.38. The molecular weight excluding hydrogens is 830 g/mol. The summed E-state index contributed by atoms with van der Waals surface area (Å²) in [5.74, 6) is -3.15. The highest BCUT2D eigenvalue weighted by atomic mass is 31.2. The second-order valence-electron chi connectivity index (χ2n) is 15.4. The molecule has 5 atom stereocenters. The number of rotatable bonds is 26. The van der Waals surface area contributed by atoms with Crippen LogP contribution in [0.1, 0.15) is 57.1 Å². The number of carbonyl (C=O) groups excluding carboxylic acids is 5. The third kappa shape index (κ3) is 17.6. The molecule has 0 spiro atoms. The monoisotopic (exact) mass is 898 g/mol. The van der Waals surface area contributed by atoms with E-state index in [4.69, 9.17) is 27.5 Å². The smallest absolute Gasteiger partial charge is 0.345 e. The van der Waals surface area contributed by atoms with E-state index in [-0.39, 0.29) is 75.8 Å². The number of hydrogen-bond donors (Lipinski definition) is 8. The molecule has 0 saturated carbocycles. The van der Waals surface area contributed by atoms with Gasteiger partial charge in [0.15, 0.2) is 11.9 Å². The van der Waals surface area contributed by atoms with Gasteiger partial charge in [-0.2, -0.15) is 0 Å². The molecule has 63 heavy (non-hydrogen) atoms. The molecule has 1 aliphatic rings. The summed E-state index contributed by atoms with van der Waals surface area (Å²) < 4.78 is 22.4. The molecule has 1 saturated heterocycles. The van der Waals surface area contributed by atoms with Crippen LogP contribution in [0, 0.1) is 5.92 Å². The topological polar surface area (TPSA) is 298 Å². The molecule has 5 unspecified atom stereocenters. The van der Waals surface area contributed by atoms with Crippen molar-refractivity contribution in [3.05, 3.63) is 71.8 Å². The van der Waals surface area contributed by atoms with Crippen LogP contribution in [0.2, 0.25) is 0 Å². The first-order valence-electron chi connectivity index (χ1n) is 21.4. The summed E-state index contributed by atoms with van der Waals surface area (Å²) in [6.45, 7) is 5.24. The summed E-state index contributed by atoms with van der Waals surface area (Å²) in [6, 6.07) is 14.9. The molecule has 1 heterocycles. The number of benzene rings is 2. The Labute approximate surface area is 370 Å². The Morgan fingerprint density at radius 1 is 0.698 bits per heavy atom. The van der Waals surface area contributed by atoms with Crippen LogP contribution in [0.25, 0.3) is 0 Å². The third-order valence-corrected chi connectivity index (χ3v) is 13.2. The second kappa shape index (κ2) is 26.8. The van der Waals surface area contributed by atoms with Crippen LogP contribution in [-0.2, 0) is 45.9 Å². The van der Waals surface area contributed by atoms with E-state index in [0.717, 1.165) is 11.1 Å². The first kappa shape index (κ1) is 51.8. The molecule has 2 aromatic rings. The number of hydrogen-bond acceptors (Lipinski definition) is 9.